The molecular weight excluding hydrogens is 544 g/mol. The van der Waals surface area contributed by atoms with Crippen molar-refractivity contribution in [2.45, 2.75) is 69.1 Å². The Kier molecular flexibility index (Phi) is 13.9. The predicted octanol–water partition coefficient (Wildman–Crippen LogP) is -0.562. The van der Waals surface area contributed by atoms with Crippen molar-refractivity contribution in [3.63, 3.8) is 0 Å². The van der Waals surface area contributed by atoms with Crippen LogP contribution in [0.25, 0.3) is 0 Å². The van der Waals surface area contributed by atoms with Gasteiger partial charge in [0.2, 0.25) is 23.6 Å². The topological polar surface area (TPSA) is 240 Å². The number of rotatable bonds is 18. The zero-order valence-corrected chi connectivity index (χ0v) is 23.3. The van der Waals surface area contributed by atoms with E-state index in [2.05, 4.69) is 16.0 Å². The zero-order valence-electron chi connectivity index (χ0n) is 23.3. The normalized spacial score (nSPS) is 13.7. The molecule has 42 heavy (non-hydrogen) atoms. The number of aromatic hydroxyl groups is 1. The predicted molar refractivity (Wildman–Crippen MR) is 155 cm³/mol. The van der Waals surface area contributed by atoms with E-state index in [9.17, 15) is 34.2 Å². The van der Waals surface area contributed by atoms with Crippen LogP contribution in [-0.2, 0) is 36.8 Å². The number of benzene rings is 2. The number of carbonyl (C=O) groups excluding carboxylic acids is 4. The second kappa shape index (κ2) is 17.4. The molecule has 0 aromatic heterocycles. The number of primary amides is 1. The first-order valence-electron chi connectivity index (χ1n) is 13.7. The van der Waals surface area contributed by atoms with Crippen LogP contribution in [-0.4, -0.2) is 70.5 Å². The van der Waals surface area contributed by atoms with Gasteiger partial charge in [-0.15, -0.1) is 0 Å². The van der Waals surface area contributed by atoms with E-state index in [1.807, 2.05) is 0 Å². The molecule has 0 spiro atoms. The number of aliphatic carboxylic acids is 1. The molecule has 0 radical (unpaired) electrons. The molecule has 4 unspecified atom stereocenters. The number of unbranched alkanes of at least 4 members (excludes halogenated alkanes) is 1. The Balaban J connectivity index is 2.29. The first-order valence-corrected chi connectivity index (χ1v) is 13.7. The number of nitrogens with two attached hydrogens (primary N) is 3. The fourth-order valence-corrected chi connectivity index (χ4v) is 4.14. The summed E-state index contributed by atoms with van der Waals surface area (Å²) < 4.78 is 0. The lowest BCUT2D eigenvalue weighted by Crippen LogP contribution is -2.58. The van der Waals surface area contributed by atoms with E-state index >= 15 is 0 Å². The van der Waals surface area contributed by atoms with Crippen molar-refractivity contribution in [1.82, 2.24) is 16.0 Å². The maximum absolute atomic E-state index is 13.6. The summed E-state index contributed by atoms with van der Waals surface area (Å²) in [7, 11) is 0. The number of carboxylic acid groups (broad SMARTS) is 1. The highest BCUT2D eigenvalue weighted by molar-refractivity contribution is 5.94. The van der Waals surface area contributed by atoms with Gasteiger partial charge in [0.05, 0.1) is 6.04 Å². The summed E-state index contributed by atoms with van der Waals surface area (Å²) in [5, 5.41) is 27.0. The summed E-state index contributed by atoms with van der Waals surface area (Å²) in [6.07, 6.45) is 1.10. The molecule has 13 heteroatoms. The van der Waals surface area contributed by atoms with Gasteiger partial charge in [0.15, 0.2) is 0 Å². The molecule has 0 aliphatic rings. The number of amides is 4. The van der Waals surface area contributed by atoms with Gasteiger partial charge >= 0.3 is 5.97 Å². The Bertz CT molecular complexity index is 1190. The van der Waals surface area contributed by atoms with Crippen molar-refractivity contribution in [1.29, 1.82) is 0 Å². The Morgan fingerprint density at radius 1 is 0.714 bits per heavy atom. The second-order valence-electron chi connectivity index (χ2n) is 9.98. The van der Waals surface area contributed by atoms with Gasteiger partial charge in [-0.25, -0.2) is 4.79 Å². The molecule has 4 amide bonds. The quantitative estimate of drug-likeness (QED) is 0.105. The molecule has 0 fully saturated rings. The summed E-state index contributed by atoms with van der Waals surface area (Å²) in [5.74, 6) is -3.97. The van der Waals surface area contributed by atoms with Crippen molar-refractivity contribution in [3.8, 4) is 5.75 Å². The number of phenols is 1. The largest absolute Gasteiger partial charge is 0.508 e. The van der Waals surface area contributed by atoms with E-state index in [1.54, 1.807) is 42.5 Å². The zero-order chi connectivity index (χ0) is 31.1. The maximum Gasteiger partial charge on any atom is 0.326 e. The lowest BCUT2D eigenvalue weighted by molar-refractivity contribution is -0.142. The third-order valence-corrected chi connectivity index (χ3v) is 6.52. The van der Waals surface area contributed by atoms with Gasteiger partial charge in [-0.1, -0.05) is 42.5 Å². The first kappa shape index (κ1) is 33.7. The standard InChI is InChI=1S/C29H40N6O7/c30-15-5-4-8-22(29(41)42)33-27(39)24(17-19-9-11-20(36)12-10-19)35-28(40)23(16-18-6-2-1-3-7-18)34-26(38)21(31)13-14-25(32)37/h1-3,6-7,9-12,21-24,36H,4-5,8,13-17,30-31H2,(H2,32,37)(H,33,39)(H,34,38)(H,35,40)(H,41,42). The first-order chi connectivity index (χ1) is 20.0. The van der Waals surface area contributed by atoms with Gasteiger partial charge < -0.3 is 43.4 Å². The minimum Gasteiger partial charge on any atom is -0.508 e. The van der Waals surface area contributed by atoms with Crippen LogP contribution in [0.4, 0.5) is 0 Å². The molecular formula is C29H40N6O7. The molecule has 0 aliphatic carbocycles. The van der Waals surface area contributed by atoms with Gasteiger partial charge in [0, 0.05) is 19.3 Å². The van der Waals surface area contributed by atoms with E-state index in [-0.39, 0.29) is 37.9 Å². The molecule has 2 aromatic rings. The minimum atomic E-state index is -1.23. The highest BCUT2D eigenvalue weighted by Crippen LogP contribution is 2.13. The second-order valence-corrected chi connectivity index (χ2v) is 9.98. The lowest BCUT2D eigenvalue weighted by atomic mass is 10.0. The highest BCUT2D eigenvalue weighted by Gasteiger charge is 2.30. The van der Waals surface area contributed by atoms with Crippen LogP contribution in [0.5, 0.6) is 5.75 Å². The summed E-state index contributed by atoms with van der Waals surface area (Å²) in [6, 6.07) is 10.1. The fraction of sp³-hybridized carbons (Fsp3) is 0.414. The van der Waals surface area contributed by atoms with Crippen molar-refractivity contribution in [3.05, 3.63) is 65.7 Å². The lowest BCUT2D eigenvalue weighted by Gasteiger charge is -2.25. The number of hydrogen-bond acceptors (Lipinski definition) is 8. The third kappa shape index (κ3) is 11.9. The number of carbonyl (C=O) groups is 5. The van der Waals surface area contributed by atoms with E-state index < -0.39 is 53.8 Å². The van der Waals surface area contributed by atoms with Gasteiger partial charge in [-0.05, 0) is 55.5 Å². The van der Waals surface area contributed by atoms with Crippen molar-refractivity contribution < 1.29 is 34.2 Å². The molecule has 0 heterocycles. The number of hydrogen-bond donors (Lipinski definition) is 8. The highest BCUT2D eigenvalue weighted by atomic mass is 16.4. The van der Waals surface area contributed by atoms with E-state index in [0.717, 1.165) is 0 Å². The van der Waals surface area contributed by atoms with Gasteiger partial charge in [0.1, 0.15) is 23.9 Å². The average molecular weight is 585 g/mol. The summed E-state index contributed by atoms with van der Waals surface area (Å²) >= 11 is 0. The number of phenolic OH excluding ortho intramolecular Hbond substituents is 1. The molecule has 0 saturated carbocycles. The summed E-state index contributed by atoms with van der Waals surface area (Å²) in [5.41, 5.74) is 17.9. The fourth-order valence-electron chi connectivity index (χ4n) is 4.14. The van der Waals surface area contributed by atoms with Crippen LogP contribution in [0, 0.1) is 0 Å². The molecule has 11 N–H and O–H groups in total. The summed E-state index contributed by atoms with van der Waals surface area (Å²) in [6.45, 7) is 0.376. The molecule has 0 aliphatic heterocycles. The van der Waals surface area contributed by atoms with E-state index in [1.165, 1.54) is 12.1 Å². The average Bonchev–Trinajstić information content (AvgIpc) is 2.96. The van der Waals surface area contributed by atoms with Gasteiger partial charge in [0.25, 0.3) is 0 Å². The van der Waals surface area contributed by atoms with Crippen LogP contribution in [0.1, 0.15) is 43.2 Å². The summed E-state index contributed by atoms with van der Waals surface area (Å²) in [4.78, 5) is 62.7. The smallest absolute Gasteiger partial charge is 0.326 e. The van der Waals surface area contributed by atoms with E-state index in [0.29, 0.717) is 30.5 Å². The SMILES string of the molecule is NCCCCC(NC(=O)C(Cc1ccc(O)cc1)NC(=O)C(Cc1ccccc1)NC(=O)C(N)CCC(N)=O)C(=O)O. The van der Waals surface area contributed by atoms with Crippen LogP contribution in [0.3, 0.4) is 0 Å². The minimum absolute atomic E-state index is 0.00736. The van der Waals surface area contributed by atoms with Crippen LogP contribution < -0.4 is 33.2 Å². The van der Waals surface area contributed by atoms with Crippen LogP contribution in [0.2, 0.25) is 0 Å². The van der Waals surface area contributed by atoms with E-state index in [4.69, 9.17) is 17.2 Å². The van der Waals surface area contributed by atoms with Crippen LogP contribution >= 0.6 is 0 Å². The molecule has 0 bridgehead atoms. The number of nitrogens with one attached hydrogen (secondary N) is 3. The Morgan fingerprint density at radius 2 is 1.24 bits per heavy atom. The van der Waals surface area contributed by atoms with Crippen molar-refractivity contribution in [2.75, 3.05) is 6.54 Å². The van der Waals surface area contributed by atoms with Crippen molar-refractivity contribution in [2.24, 2.45) is 17.2 Å². The number of carboxylic acids is 1. The van der Waals surface area contributed by atoms with Crippen molar-refractivity contribution >= 4 is 29.6 Å². The molecule has 13 nitrogen and oxygen atoms in total. The monoisotopic (exact) mass is 584 g/mol. The van der Waals surface area contributed by atoms with Gasteiger partial charge in [-0.2, -0.15) is 0 Å². The third-order valence-electron chi connectivity index (χ3n) is 6.52. The Hall–Kier alpha value is -4.49. The molecule has 2 aromatic carbocycles. The molecule has 0 saturated heterocycles. The molecule has 228 valence electrons. The Labute approximate surface area is 244 Å². The van der Waals surface area contributed by atoms with Gasteiger partial charge in [-0.3, -0.25) is 19.2 Å². The molecule has 4 atom stereocenters. The van der Waals surface area contributed by atoms with Crippen LogP contribution in [0.15, 0.2) is 54.6 Å². The maximum atomic E-state index is 13.6. The Morgan fingerprint density at radius 3 is 1.76 bits per heavy atom. The molecule has 2 rings (SSSR count).